The van der Waals surface area contributed by atoms with Gasteiger partial charge in [-0.1, -0.05) is 26.8 Å². The van der Waals surface area contributed by atoms with Gasteiger partial charge in [-0.25, -0.2) is 4.98 Å². The fourth-order valence-corrected chi connectivity index (χ4v) is 8.44. The topological polar surface area (TPSA) is 199 Å². The number of nitrogens with one attached hydrogen (secondary N) is 2. The highest BCUT2D eigenvalue weighted by Crippen LogP contribution is 2.46. The summed E-state index contributed by atoms with van der Waals surface area (Å²) in [4.78, 5) is 66.5. The van der Waals surface area contributed by atoms with Crippen molar-refractivity contribution < 1.29 is 19.2 Å². The number of nitrogen functional groups attached to an aromatic ring is 1. The number of H-pyrrole nitrogens is 1. The van der Waals surface area contributed by atoms with Gasteiger partial charge < -0.3 is 41.0 Å². The lowest BCUT2D eigenvalue weighted by atomic mass is 9.70. The van der Waals surface area contributed by atoms with E-state index < -0.39 is 11.5 Å². The normalized spacial score (nSPS) is 18.2. The van der Waals surface area contributed by atoms with E-state index in [9.17, 15) is 24.4 Å². The van der Waals surface area contributed by atoms with Crippen molar-refractivity contribution in [2.45, 2.75) is 83.3 Å². The van der Waals surface area contributed by atoms with Crippen LogP contribution in [-0.4, -0.2) is 99.2 Å². The van der Waals surface area contributed by atoms with Crippen LogP contribution in [0.15, 0.2) is 42.7 Å². The Kier molecular flexibility index (Phi) is 10.4. The second kappa shape index (κ2) is 15.2. The first-order valence-corrected chi connectivity index (χ1v) is 19.3. The van der Waals surface area contributed by atoms with Gasteiger partial charge in [-0.2, -0.15) is 5.26 Å². The van der Waals surface area contributed by atoms with Crippen molar-refractivity contribution in [3.05, 3.63) is 76.2 Å². The maximum absolute atomic E-state index is 14.1. The molecule has 14 heteroatoms. The summed E-state index contributed by atoms with van der Waals surface area (Å²) < 4.78 is 1.81. The average molecular weight is 747 g/mol. The Morgan fingerprint density at radius 2 is 1.82 bits per heavy atom. The summed E-state index contributed by atoms with van der Waals surface area (Å²) in [6.07, 6.45) is 6.26. The smallest absolute Gasteiger partial charge is 0.237 e. The summed E-state index contributed by atoms with van der Waals surface area (Å²) in [6.45, 7) is 10.3. The maximum atomic E-state index is 14.1. The van der Waals surface area contributed by atoms with Crippen LogP contribution in [0.5, 0.6) is 0 Å². The molecular weight excluding hydrogens is 697 g/mol. The number of carbonyl (C=O) groups is 4. The number of benzene rings is 2. The number of hydrogen-bond donors (Lipinski definition) is 4. The van der Waals surface area contributed by atoms with Crippen LogP contribution in [0.4, 0.5) is 11.6 Å². The second-order valence-corrected chi connectivity index (χ2v) is 15.5. The molecule has 4 heterocycles. The van der Waals surface area contributed by atoms with Crippen molar-refractivity contribution in [2.75, 3.05) is 49.9 Å². The number of nitrogens with zero attached hydrogens (tertiary/aromatic N) is 6. The molecule has 6 N–H and O–H groups in total. The van der Waals surface area contributed by atoms with Crippen LogP contribution >= 0.6 is 0 Å². The fourth-order valence-electron chi connectivity index (χ4n) is 8.44. The van der Waals surface area contributed by atoms with Gasteiger partial charge in [-0.3, -0.25) is 19.2 Å². The molecule has 3 amide bonds. The first-order chi connectivity index (χ1) is 26.4. The molecule has 55 heavy (non-hydrogen) atoms. The van der Waals surface area contributed by atoms with E-state index in [1.54, 1.807) is 29.4 Å². The quantitative estimate of drug-likeness (QED) is 0.178. The van der Waals surface area contributed by atoms with E-state index in [1.807, 2.05) is 21.6 Å². The zero-order valence-electron chi connectivity index (χ0n) is 31.9. The Hall–Kier alpha value is -5.68. The molecule has 7 rings (SSSR count). The van der Waals surface area contributed by atoms with Crippen LogP contribution in [0.2, 0.25) is 0 Å². The summed E-state index contributed by atoms with van der Waals surface area (Å²) in [6, 6.07) is 11.0. The van der Waals surface area contributed by atoms with Gasteiger partial charge in [0.05, 0.1) is 23.2 Å². The number of amides is 3. The number of nitrogens with two attached hydrogens (primary N) is 2. The van der Waals surface area contributed by atoms with Crippen LogP contribution in [-0.2, 0) is 32.8 Å². The molecule has 4 aromatic rings. The van der Waals surface area contributed by atoms with E-state index in [0.717, 1.165) is 39.8 Å². The Balaban J connectivity index is 0.908. The lowest BCUT2D eigenvalue weighted by Crippen LogP contribution is -2.49. The number of anilines is 2. The SMILES string of the molecule is CCc1cc2c(cc1N1CCN(C(=O)CCC(=O)N3CC[C@@H](NC(=O)[C@@H](N)CCCn4ccnc4N)C3)CC1)C(C)(C)c1[nH]c3cc(C#N)ccc3c1C2=O. The maximum Gasteiger partial charge on any atom is 0.237 e. The summed E-state index contributed by atoms with van der Waals surface area (Å²) in [5, 5.41) is 13.3. The number of aryl methyl sites for hydroxylation is 2. The first-order valence-electron chi connectivity index (χ1n) is 19.3. The van der Waals surface area contributed by atoms with E-state index in [2.05, 4.69) is 53.1 Å². The molecule has 14 nitrogen and oxygen atoms in total. The average Bonchev–Trinajstić information content (AvgIpc) is 3.94. The monoisotopic (exact) mass is 746 g/mol. The summed E-state index contributed by atoms with van der Waals surface area (Å²) >= 11 is 0. The predicted octanol–water partition coefficient (Wildman–Crippen LogP) is 3.20. The molecule has 2 aromatic heterocycles. The number of imidazole rings is 1. The van der Waals surface area contributed by atoms with Crippen LogP contribution in [0.25, 0.3) is 10.9 Å². The molecule has 0 spiro atoms. The molecule has 0 radical (unpaired) electrons. The predicted molar refractivity (Wildman–Crippen MR) is 209 cm³/mol. The van der Waals surface area contributed by atoms with Gasteiger partial charge in [0, 0.05) is 110 Å². The van der Waals surface area contributed by atoms with Gasteiger partial charge >= 0.3 is 0 Å². The summed E-state index contributed by atoms with van der Waals surface area (Å²) in [7, 11) is 0. The minimum atomic E-state index is -0.654. The minimum Gasteiger partial charge on any atom is -0.369 e. The highest BCUT2D eigenvalue weighted by Gasteiger charge is 2.41. The Morgan fingerprint density at radius 1 is 1.07 bits per heavy atom. The highest BCUT2D eigenvalue weighted by molar-refractivity contribution is 6.20. The van der Waals surface area contributed by atoms with Gasteiger partial charge in [-0.05, 0) is 61.1 Å². The van der Waals surface area contributed by atoms with Crippen molar-refractivity contribution in [3.63, 3.8) is 0 Å². The van der Waals surface area contributed by atoms with Crippen molar-refractivity contribution in [1.29, 1.82) is 5.26 Å². The number of fused-ring (bicyclic) bond motifs is 4. The largest absolute Gasteiger partial charge is 0.369 e. The van der Waals surface area contributed by atoms with Gasteiger partial charge in [0.2, 0.25) is 17.7 Å². The van der Waals surface area contributed by atoms with E-state index in [0.29, 0.717) is 87.7 Å². The third kappa shape index (κ3) is 7.28. The van der Waals surface area contributed by atoms with Crippen molar-refractivity contribution in [3.8, 4) is 6.07 Å². The number of hydrogen-bond acceptors (Lipinski definition) is 9. The van der Waals surface area contributed by atoms with Crippen LogP contribution < -0.4 is 21.7 Å². The van der Waals surface area contributed by atoms with E-state index in [1.165, 1.54) is 0 Å². The second-order valence-electron chi connectivity index (χ2n) is 15.5. The molecule has 288 valence electrons. The minimum absolute atomic E-state index is 0.00947. The Morgan fingerprint density at radius 3 is 2.51 bits per heavy atom. The molecule has 0 bridgehead atoms. The molecule has 2 fully saturated rings. The first kappa shape index (κ1) is 37.6. The lowest BCUT2D eigenvalue weighted by molar-refractivity contribution is -0.136. The van der Waals surface area contributed by atoms with Crippen molar-refractivity contribution >= 4 is 46.0 Å². The summed E-state index contributed by atoms with van der Waals surface area (Å²) in [5.74, 6) is 0.0572. The molecule has 1 aliphatic carbocycles. The van der Waals surface area contributed by atoms with E-state index in [4.69, 9.17) is 11.5 Å². The number of rotatable bonds is 11. The van der Waals surface area contributed by atoms with E-state index in [-0.39, 0.29) is 42.4 Å². The number of ketones is 1. The number of carbonyl (C=O) groups excluding carboxylic acids is 4. The highest BCUT2D eigenvalue weighted by atomic mass is 16.2. The summed E-state index contributed by atoms with van der Waals surface area (Å²) in [5.41, 5.74) is 18.1. The van der Waals surface area contributed by atoms with Crippen LogP contribution in [0.1, 0.15) is 91.2 Å². The molecule has 0 unspecified atom stereocenters. The Labute approximate surface area is 320 Å². The molecule has 0 saturated carbocycles. The fraction of sp³-hybridized carbons (Fsp3) is 0.463. The van der Waals surface area contributed by atoms with Crippen molar-refractivity contribution in [1.82, 2.24) is 29.7 Å². The number of likely N-dealkylation sites (tertiary alicyclic amines) is 1. The zero-order chi connectivity index (χ0) is 39.0. The van der Waals surface area contributed by atoms with Gasteiger partial charge in [-0.15, -0.1) is 0 Å². The number of aromatic nitrogens is 3. The molecule has 2 aromatic carbocycles. The van der Waals surface area contributed by atoms with Gasteiger partial charge in [0.1, 0.15) is 0 Å². The van der Waals surface area contributed by atoms with Crippen LogP contribution in [0.3, 0.4) is 0 Å². The Bertz CT molecular complexity index is 2190. The van der Waals surface area contributed by atoms with Gasteiger partial charge in [0.15, 0.2) is 11.7 Å². The lowest BCUT2D eigenvalue weighted by Gasteiger charge is -2.39. The van der Waals surface area contributed by atoms with E-state index >= 15 is 0 Å². The number of aromatic amines is 1. The van der Waals surface area contributed by atoms with Crippen LogP contribution in [0, 0.1) is 11.3 Å². The molecular formula is C41H50N10O4. The molecule has 2 aliphatic heterocycles. The number of nitriles is 1. The molecule has 2 saturated heterocycles. The molecule has 3 aliphatic rings. The van der Waals surface area contributed by atoms with Crippen molar-refractivity contribution in [2.24, 2.45) is 5.73 Å². The number of piperazine rings is 1. The molecule has 2 atom stereocenters. The standard InChI is InChI=1S/C41H50N10O4/c1-4-26-21-29-30(41(2,3)38-36(37(29)54)28-8-7-25(23-42)20-32(28)47-38)22-33(26)48-16-18-49(19-17-48)34(52)9-10-35(53)51-14-11-27(24-51)46-39(55)31(43)6-5-13-50-15-12-45-40(50)44/h7-8,12,15,20-22,27,31,47H,4-6,9-11,13-14,16-19,24,43H2,1-3H3,(H2,44,45)(H,46,55)/t27-,31+/m1/s1. The third-order valence-corrected chi connectivity index (χ3v) is 11.7. The zero-order valence-corrected chi connectivity index (χ0v) is 31.9. The third-order valence-electron chi connectivity index (χ3n) is 11.7. The van der Waals surface area contributed by atoms with Gasteiger partial charge in [0.25, 0.3) is 0 Å².